The first-order valence-electron chi connectivity index (χ1n) is 7.13. The van der Waals surface area contributed by atoms with E-state index >= 15 is 0 Å². The molecule has 0 fully saturated rings. The number of hydrogen-bond acceptors (Lipinski definition) is 5. The van der Waals surface area contributed by atoms with Crippen LogP contribution in [0.5, 0.6) is 0 Å². The van der Waals surface area contributed by atoms with Crippen molar-refractivity contribution in [3.8, 4) is 0 Å². The van der Waals surface area contributed by atoms with Crippen molar-refractivity contribution in [3.05, 3.63) is 23.2 Å². The van der Waals surface area contributed by atoms with Crippen LogP contribution < -0.4 is 0 Å². The lowest BCUT2D eigenvalue weighted by Crippen LogP contribution is -2.54. The minimum atomic E-state index is -1.06. The third kappa shape index (κ3) is 3.10. The Morgan fingerprint density at radius 2 is 1.71 bits per heavy atom. The number of methoxy groups -OCH3 is 4. The van der Waals surface area contributed by atoms with Crippen molar-refractivity contribution < 1.29 is 24.1 Å². The number of ether oxygens (including phenoxy) is 4. The van der Waals surface area contributed by atoms with Crippen LogP contribution in [0.3, 0.4) is 0 Å². The standard InChI is InChI=1S/C16H28O5/c1-10(2)8-9-12-11(3)16(20-6,21-7)15(19-5)14(18-4)13(12)17/h8,11-13,17H,9H2,1-7H3. The van der Waals surface area contributed by atoms with Crippen LogP contribution in [-0.2, 0) is 18.9 Å². The molecule has 0 spiro atoms. The molecule has 1 rings (SSSR count). The van der Waals surface area contributed by atoms with Crippen LogP contribution in [0.4, 0.5) is 0 Å². The average Bonchev–Trinajstić information content (AvgIpc) is 2.46. The SMILES string of the molecule is COC1=C(OC)C(OC)(OC)C(C)C(CC=C(C)C)C1O. The molecule has 1 aliphatic rings. The largest absolute Gasteiger partial charge is 0.495 e. The predicted molar refractivity (Wildman–Crippen MR) is 80.5 cm³/mol. The van der Waals surface area contributed by atoms with Crippen molar-refractivity contribution in [1.82, 2.24) is 0 Å². The molecule has 1 N–H and O–H groups in total. The molecule has 1 aliphatic carbocycles. The molecule has 0 saturated heterocycles. The summed E-state index contributed by atoms with van der Waals surface area (Å²) in [6.45, 7) is 6.06. The van der Waals surface area contributed by atoms with Crippen LogP contribution in [0.15, 0.2) is 23.2 Å². The Balaban J connectivity index is 3.36. The fourth-order valence-electron chi connectivity index (χ4n) is 3.06. The smallest absolute Gasteiger partial charge is 0.233 e. The van der Waals surface area contributed by atoms with Crippen molar-refractivity contribution in [1.29, 1.82) is 0 Å². The maximum atomic E-state index is 10.6. The third-order valence-electron chi connectivity index (χ3n) is 4.28. The normalized spacial score (nSPS) is 28.3. The number of allylic oxidation sites excluding steroid dienone is 2. The minimum absolute atomic E-state index is 0.0892. The zero-order valence-electron chi connectivity index (χ0n) is 14.1. The van der Waals surface area contributed by atoms with E-state index in [0.29, 0.717) is 17.9 Å². The van der Waals surface area contributed by atoms with E-state index in [0.717, 1.165) is 0 Å². The van der Waals surface area contributed by atoms with Crippen LogP contribution in [0, 0.1) is 11.8 Å². The number of hydrogen-bond donors (Lipinski definition) is 1. The lowest BCUT2D eigenvalue weighted by Gasteiger charge is -2.46. The molecule has 0 radical (unpaired) electrons. The second-order valence-corrected chi connectivity index (χ2v) is 5.59. The third-order valence-corrected chi connectivity index (χ3v) is 4.28. The molecule has 0 heterocycles. The van der Waals surface area contributed by atoms with Crippen LogP contribution >= 0.6 is 0 Å². The van der Waals surface area contributed by atoms with Gasteiger partial charge < -0.3 is 24.1 Å². The van der Waals surface area contributed by atoms with E-state index in [2.05, 4.69) is 6.08 Å². The van der Waals surface area contributed by atoms with E-state index in [1.54, 1.807) is 14.2 Å². The van der Waals surface area contributed by atoms with Gasteiger partial charge in [-0.15, -0.1) is 0 Å². The summed E-state index contributed by atoms with van der Waals surface area (Å²) < 4.78 is 22.1. The monoisotopic (exact) mass is 300 g/mol. The van der Waals surface area contributed by atoms with Gasteiger partial charge in [0.05, 0.1) is 14.2 Å². The summed E-state index contributed by atoms with van der Waals surface area (Å²) in [6, 6.07) is 0. The van der Waals surface area contributed by atoms with Crippen molar-refractivity contribution >= 4 is 0 Å². The first-order chi connectivity index (χ1) is 9.89. The van der Waals surface area contributed by atoms with Gasteiger partial charge in [0.25, 0.3) is 0 Å². The Hall–Kier alpha value is -1.04. The number of aliphatic hydroxyl groups excluding tert-OH is 1. The first-order valence-corrected chi connectivity index (χ1v) is 7.13. The van der Waals surface area contributed by atoms with Crippen molar-refractivity contribution in [2.24, 2.45) is 11.8 Å². The van der Waals surface area contributed by atoms with E-state index in [4.69, 9.17) is 18.9 Å². The van der Waals surface area contributed by atoms with Gasteiger partial charge in [-0.05, 0) is 20.3 Å². The van der Waals surface area contributed by atoms with Crippen molar-refractivity contribution in [3.63, 3.8) is 0 Å². The van der Waals surface area contributed by atoms with Gasteiger partial charge in [0.15, 0.2) is 11.5 Å². The second kappa shape index (κ2) is 7.29. The molecule has 0 saturated carbocycles. The van der Waals surface area contributed by atoms with Crippen LogP contribution in [0.2, 0.25) is 0 Å². The van der Waals surface area contributed by atoms with Crippen molar-refractivity contribution in [2.45, 2.75) is 39.1 Å². The Kier molecular flexibility index (Phi) is 6.25. The van der Waals surface area contributed by atoms with Gasteiger partial charge in [-0.25, -0.2) is 0 Å². The van der Waals surface area contributed by atoms with Gasteiger partial charge in [0.1, 0.15) is 6.10 Å². The van der Waals surface area contributed by atoms with Gasteiger partial charge in [-0.1, -0.05) is 18.6 Å². The highest BCUT2D eigenvalue weighted by Gasteiger charge is 2.54. The molecule has 0 aromatic rings. The topological polar surface area (TPSA) is 57.2 Å². The lowest BCUT2D eigenvalue weighted by molar-refractivity contribution is -0.256. The fraction of sp³-hybridized carbons (Fsp3) is 0.750. The Bertz CT molecular complexity index is 405. The van der Waals surface area contributed by atoms with E-state index in [9.17, 15) is 5.11 Å². The van der Waals surface area contributed by atoms with Crippen LogP contribution in [0.25, 0.3) is 0 Å². The maximum absolute atomic E-state index is 10.6. The summed E-state index contributed by atoms with van der Waals surface area (Å²) >= 11 is 0. The number of aliphatic hydroxyl groups is 1. The van der Waals surface area contributed by atoms with Gasteiger partial charge in [-0.2, -0.15) is 0 Å². The zero-order valence-corrected chi connectivity index (χ0v) is 14.1. The highest BCUT2D eigenvalue weighted by atomic mass is 16.7. The van der Waals surface area contributed by atoms with E-state index in [-0.39, 0.29) is 11.8 Å². The lowest BCUT2D eigenvalue weighted by atomic mass is 9.74. The summed E-state index contributed by atoms with van der Waals surface area (Å²) in [7, 11) is 6.18. The summed E-state index contributed by atoms with van der Waals surface area (Å²) in [6.07, 6.45) is 2.06. The van der Waals surface area contributed by atoms with Crippen molar-refractivity contribution in [2.75, 3.05) is 28.4 Å². The van der Waals surface area contributed by atoms with Gasteiger partial charge in [0.2, 0.25) is 5.79 Å². The molecule has 0 aromatic heterocycles. The molecule has 0 aromatic carbocycles. The first kappa shape index (κ1) is 18.0. The quantitative estimate of drug-likeness (QED) is 0.603. The molecular weight excluding hydrogens is 272 g/mol. The van der Waals surface area contributed by atoms with Gasteiger partial charge in [-0.3, -0.25) is 0 Å². The van der Waals surface area contributed by atoms with E-state index < -0.39 is 11.9 Å². The molecule has 5 nitrogen and oxygen atoms in total. The molecule has 21 heavy (non-hydrogen) atoms. The van der Waals surface area contributed by atoms with Gasteiger partial charge >= 0.3 is 0 Å². The van der Waals surface area contributed by atoms with E-state index in [1.165, 1.54) is 19.8 Å². The Labute approximate surface area is 127 Å². The molecule has 0 aliphatic heterocycles. The highest BCUT2D eigenvalue weighted by molar-refractivity contribution is 5.23. The summed E-state index contributed by atoms with van der Waals surface area (Å²) in [4.78, 5) is 0. The zero-order chi connectivity index (χ0) is 16.2. The van der Waals surface area contributed by atoms with Crippen LogP contribution in [0.1, 0.15) is 27.2 Å². The molecule has 0 amide bonds. The maximum Gasteiger partial charge on any atom is 0.233 e. The van der Waals surface area contributed by atoms with E-state index in [1.807, 2.05) is 20.8 Å². The average molecular weight is 300 g/mol. The Morgan fingerprint density at radius 1 is 1.14 bits per heavy atom. The summed E-state index contributed by atoms with van der Waals surface area (Å²) in [5.74, 6) is -0.491. The number of rotatable bonds is 6. The molecule has 122 valence electrons. The predicted octanol–water partition coefficient (Wildman–Crippen LogP) is 2.46. The second-order valence-electron chi connectivity index (χ2n) is 5.59. The highest BCUT2D eigenvalue weighted by Crippen LogP contribution is 2.46. The van der Waals surface area contributed by atoms with Gasteiger partial charge in [0, 0.05) is 26.1 Å². The molecule has 3 unspecified atom stereocenters. The molecule has 3 atom stereocenters. The minimum Gasteiger partial charge on any atom is -0.495 e. The molecule has 0 bridgehead atoms. The Morgan fingerprint density at radius 3 is 2.10 bits per heavy atom. The summed E-state index contributed by atoms with van der Waals surface area (Å²) in [5, 5.41) is 10.6. The molecule has 5 heteroatoms. The molecular formula is C16H28O5. The fourth-order valence-corrected chi connectivity index (χ4v) is 3.06. The van der Waals surface area contributed by atoms with Crippen LogP contribution in [-0.4, -0.2) is 45.4 Å². The summed E-state index contributed by atoms with van der Waals surface area (Å²) in [5.41, 5.74) is 1.20.